The molecule has 0 amide bonds. The molecule has 0 aliphatic carbocycles. The third-order valence-electron chi connectivity index (χ3n) is 3.70. The first-order valence-electron chi connectivity index (χ1n) is 6.89. The minimum Gasteiger partial charge on any atom is -0.389 e. The Hall–Kier alpha value is -1.13. The standard InChI is InChI=1S/C15H22FNO2/c1-4-12-9-19-10(2)8-17(12)14-7-5-6-13(16)15(14)11(3)18/h5-7,10-12,18H,4,8-9H2,1-3H3/t10?,11-,12?/m1/s1. The van der Waals surface area contributed by atoms with Gasteiger partial charge in [-0.05, 0) is 32.4 Å². The Kier molecular flexibility index (Phi) is 4.42. The summed E-state index contributed by atoms with van der Waals surface area (Å²) in [6, 6.07) is 5.21. The first kappa shape index (κ1) is 14.3. The van der Waals surface area contributed by atoms with Crippen LogP contribution in [0.25, 0.3) is 0 Å². The van der Waals surface area contributed by atoms with Crippen molar-refractivity contribution in [3.8, 4) is 0 Å². The summed E-state index contributed by atoms with van der Waals surface area (Å²) in [5.74, 6) is -0.346. The topological polar surface area (TPSA) is 32.7 Å². The summed E-state index contributed by atoms with van der Waals surface area (Å²) >= 11 is 0. The Labute approximate surface area is 114 Å². The van der Waals surface area contributed by atoms with Crippen molar-refractivity contribution >= 4 is 5.69 Å². The molecular formula is C15H22FNO2. The maximum atomic E-state index is 14.0. The van der Waals surface area contributed by atoms with Crippen LogP contribution >= 0.6 is 0 Å². The lowest BCUT2D eigenvalue weighted by molar-refractivity contribution is 0.0296. The second kappa shape index (κ2) is 5.88. The van der Waals surface area contributed by atoms with E-state index in [2.05, 4.69) is 11.8 Å². The molecule has 0 bridgehead atoms. The minimum atomic E-state index is -0.813. The van der Waals surface area contributed by atoms with Crippen LogP contribution in [0.2, 0.25) is 0 Å². The third-order valence-corrected chi connectivity index (χ3v) is 3.70. The quantitative estimate of drug-likeness (QED) is 0.914. The van der Waals surface area contributed by atoms with Gasteiger partial charge in [-0.1, -0.05) is 13.0 Å². The average Bonchev–Trinajstić information content (AvgIpc) is 2.37. The van der Waals surface area contributed by atoms with E-state index in [9.17, 15) is 9.50 Å². The number of nitrogens with zero attached hydrogens (tertiary/aromatic N) is 1. The van der Waals surface area contributed by atoms with Gasteiger partial charge in [0, 0.05) is 17.8 Å². The number of hydrogen-bond donors (Lipinski definition) is 1. The number of morpholine rings is 1. The molecule has 3 nitrogen and oxygen atoms in total. The van der Waals surface area contributed by atoms with Gasteiger partial charge in [0.25, 0.3) is 0 Å². The highest BCUT2D eigenvalue weighted by molar-refractivity contribution is 5.56. The van der Waals surface area contributed by atoms with E-state index in [1.54, 1.807) is 13.0 Å². The summed E-state index contributed by atoms with van der Waals surface area (Å²) in [6.45, 7) is 7.08. The van der Waals surface area contributed by atoms with E-state index in [-0.39, 0.29) is 18.0 Å². The van der Waals surface area contributed by atoms with Crippen LogP contribution in [-0.4, -0.2) is 30.4 Å². The fraction of sp³-hybridized carbons (Fsp3) is 0.600. The molecule has 1 saturated heterocycles. The number of halogens is 1. The summed E-state index contributed by atoms with van der Waals surface area (Å²) in [5.41, 5.74) is 1.17. The largest absolute Gasteiger partial charge is 0.389 e. The van der Waals surface area contributed by atoms with E-state index in [4.69, 9.17) is 4.74 Å². The smallest absolute Gasteiger partial charge is 0.131 e. The van der Waals surface area contributed by atoms with Crippen molar-refractivity contribution in [1.29, 1.82) is 0 Å². The van der Waals surface area contributed by atoms with Gasteiger partial charge in [-0.2, -0.15) is 0 Å². The first-order chi connectivity index (χ1) is 9.04. The van der Waals surface area contributed by atoms with E-state index >= 15 is 0 Å². The van der Waals surface area contributed by atoms with Gasteiger partial charge in [0.1, 0.15) is 5.82 Å². The van der Waals surface area contributed by atoms with Crippen molar-refractivity contribution in [2.45, 2.75) is 45.4 Å². The molecule has 1 fully saturated rings. The number of aliphatic hydroxyl groups is 1. The Morgan fingerprint density at radius 2 is 2.26 bits per heavy atom. The van der Waals surface area contributed by atoms with Crippen LogP contribution in [0, 0.1) is 5.82 Å². The highest BCUT2D eigenvalue weighted by Crippen LogP contribution is 2.32. The Bertz CT molecular complexity index is 436. The molecule has 1 aromatic rings. The maximum absolute atomic E-state index is 14.0. The number of aliphatic hydroxyl groups excluding tert-OH is 1. The predicted octanol–water partition coefficient (Wildman–Crippen LogP) is 2.88. The molecule has 0 radical (unpaired) electrons. The first-order valence-corrected chi connectivity index (χ1v) is 6.89. The molecule has 19 heavy (non-hydrogen) atoms. The second-order valence-corrected chi connectivity index (χ2v) is 5.21. The number of benzene rings is 1. The summed E-state index contributed by atoms with van der Waals surface area (Å²) in [7, 11) is 0. The van der Waals surface area contributed by atoms with Crippen molar-refractivity contribution < 1.29 is 14.2 Å². The number of rotatable bonds is 3. The van der Waals surface area contributed by atoms with Crippen LogP contribution in [0.5, 0.6) is 0 Å². The van der Waals surface area contributed by atoms with Gasteiger partial charge in [-0.3, -0.25) is 0 Å². The van der Waals surface area contributed by atoms with Crippen LogP contribution in [0.15, 0.2) is 18.2 Å². The molecule has 1 N–H and O–H groups in total. The molecule has 1 aliphatic rings. The van der Waals surface area contributed by atoms with E-state index in [0.717, 1.165) is 18.7 Å². The van der Waals surface area contributed by atoms with Gasteiger partial charge in [-0.25, -0.2) is 4.39 Å². The maximum Gasteiger partial charge on any atom is 0.131 e. The number of hydrogen-bond acceptors (Lipinski definition) is 3. The lowest BCUT2D eigenvalue weighted by atomic mass is 10.0. The molecule has 0 spiro atoms. The van der Waals surface area contributed by atoms with Gasteiger partial charge in [0.15, 0.2) is 0 Å². The number of ether oxygens (including phenoxy) is 1. The summed E-state index contributed by atoms with van der Waals surface area (Å²) < 4.78 is 19.6. The fourth-order valence-electron chi connectivity index (χ4n) is 2.67. The SMILES string of the molecule is CCC1COC(C)CN1c1cccc(F)c1[C@@H](C)O. The molecule has 2 unspecified atom stereocenters. The molecule has 1 aromatic carbocycles. The number of anilines is 1. The minimum absolute atomic E-state index is 0.118. The zero-order valence-corrected chi connectivity index (χ0v) is 11.8. The molecule has 4 heteroatoms. The molecule has 1 aliphatic heterocycles. The monoisotopic (exact) mass is 267 g/mol. The van der Waals surface area contributed by atoms with Crippen LogP contribution in [0.4, 0.5) is 10.1 Å². The molecule has 0 saturated carbocycles. The molecule has 106 valence electrons. The van der Waals surface area contributed by atoms with Crippen LogP contribution < -0.4 is 4.90 Å². The van der Waals surface area contributed by atoms with Crippen molar-refractivity contribution in [3.63, 3.8) is 0 Å². The summed E-state index contributed by atoms with van der Waals surface area (Å²) in [4.78, 5) is 2.17. The van der Waals surface area contributed by atoms with E-state index in [1.165, 1.54) is 6.07 Å². The van der Waals surface area contributed by atoms with E-state index < -0.39 is 6.10 Å². The zero-order valence-electron chi connectivity index (χ0n) is 11.8. The van der Waals surface area contributed by atoms with Crippen molar-refractivity contribution in [3.05, 3.63) is 29.6 Å². The zero-order chi connectivity index (χ0) is 14.0. The van der Waals surface area contributed by atoms with Crippen LogP contribution in [0.1, 0.15) is 38.9 Å². The molecular weight excluding hydrogens is 245 g/mol. The van der Waals surface area contributed by atoms with Crippen molar-refractivity contribution in [2.24, 2.45) is 0 Å². The van der Waals surface area contributed by atoms with Gasteiger partial charge >= 0.3 is 0 Å². The predicted molar refractivity (Wildman–Crippen MR) is 73.9 cm³/mol. The highest BCUT2D eigenvalue weighted by atomic mass is 19.1. The third kappa shape index (κ3) is 2.90. The Balaban J connectivity index is 2.41. The molecule has 0 aromatic heterocycles. The lowest BCUT2D eigenvalue weighted by Crippen LogP contribution is -2.49. The fourth-order valence-corrected chi connectivity index (χ4v) is 2.67. The average molecular weight is 267 g/mol. The highest BCUT2D eigenvalue weighted by Gasteiger charge is 2.28. The lowest BCUT2D eigenvalue weighted by Gasteiger charge is -2.41. The Morgan fingerprint density at radius 1 is 1.53 bits per heavy atom. The second-order valence-electron chi connectivity index (χ2n) is 5.21. The summed E-state index contributed by atoms with van der Waals surface area (Å²) in [6.07, 6.45) is 0.238. The normalized spacial score (nSPS) is 25.4. The Morgan fingerprint density at radius 3 is 2.89 bits per heavy atom. The van der Waals surface area contributed by atoms with Gasteiger partial charge < -0.3 is 14.7 Å². The molecule has 1 heterocycles. The molecule has 2 rings (SSSR count). The van der Waals surface area contributed by atoms with E-state index in [1.807, 2.05) is 13.0 Å². The summed E-state index contributed by atoms with van der Waals surface area (Å²) in [5, 5.41) is 9.84. The van der Waals surface area contributed by atoms with Crippen molar-refractivity contribution in [2.75, 3.05) is 18.1 Å². The molecule has 3 atom stereocenters. The van der Waals surface area contributed by atoms with E-state index in [0.29, 0.717) is 12.2 Å². The van der Waals surface area contributed by atoms with Crippen LogP contribution in [0.3, 0.4) is 0 Å². The van der Waals surface area contributed by atoms with Crippen molar-refractivity contribution in [1.82, 2.24) is 0 Å². The van der Waals surface area contributed by atoms with Crippen LogP contribution in [-0.2, 0) is 4.74 Å². The van der Waals surface area contributed by atoms with Gasteiger partial charge in [-0.15, -0.1) is 0 Å². The van der Waals surface area contributed by atoms with Gasteiger partial charge in [0.05, 0.1) is 24.9 Å². The van der Waals surface area contributed by atoms with Gasteiger partial charge in [0.2, 0.25) is 0 Å².